The number of nitrogens with one attached hydrogen (secondary N) is 1. The third-order valence-corrected chi connectivity index (χ3v) is 4.15. The molecule has 1 saturated heterocycles. The van der Waals surface area contributed by atoms with E-state index < -0.39 is 0 Å². The minimum absolute atomic E-state index is 0.270. The van der Waals surface area contributed by atoms with E-state index in [0.29, 0.717) is 12.1 Å². The molecule has 3 atom stereocenters. The van der Waals surface area contributed by atoms with Crippen LogP contribution in [0.3, 0.4) is 0 Å². The van der Waals surface area contributed by atoms with Crippen LogP contribution in [0, 0.1) is 0 Å². The Morgan fingerprint density at radius 3 is 2.65 bits per heavy atom. The number of hydrogen-bond acceptors (Lipinski definition) is 3. The Bertz CT molecular complexity index is 222. The lowest BCUT2D eigenvalue weighted by Gasteiger charge is -2.48. The Balaban J connectivity index is 2.62. The van der Waals surface area contributed by atoms with Crippen molar-refractivity contribution in [3.05, 3.63) is 0 Å². The summed E-state index contributed by atoms with van der Waals surface area (Å²) in [5.41, 5.74) is 0.270. The highest BCUT2D eigenvalue weighted by Gasteiger charge is 2.35. The van der Waals surface area contributed by atoms with Crippen molar-refractivity contribution in [1.29, 1.82) is 0 Å². The normalized spacial score (nSPS) is 32.6. The molecule has 0 aliphatic carbocycles. The summed E-state index contributed by atoms with van der Waals surface area (Å²) in [6, 6.07) is 1.18. The fourth-order valence-corrected chi connectivity index (χ4v) is 2.58. The average molecular weight is 242 g/mol. The summed E-state index contributed by atoms with van der Waals surface area (Å²) in [5, 5.41) is 3.70. The molecule has 3 nitrogen and oxygen atoms in total. The molecule has 1 fully saturated rings. The van der Waals surface area contributed by atoms with E-state index in [4.69, 9.17) is 4.74 Å². The molecule has 1 N–H and O–H groups in total. The van der Waals surface area contributed by atoms with Crippen molar-refractivity contribution in [1.82, 2.24) is 10.2 Å². The second kappa shape index (κ2) is 6.72. The first kappa shape index (κ1) is 14.9. The van der Waals surface area contributed by atoms with E-state index >= 15 is 0 Å². The van der Waals surface area contributed by atoms with Crippen LogP contribution in [-0.2, 0) is 4.74 Å². The van der Waals surface area contributed by atoms with E-state index in [1.54, 1.807) is 0 Å². The molecule has 0 amide bonds. The lowest BCUT2D eigenvalue weighted by atomic mass is 9.91. The van der Waals surface area contributed by atoms with Gasteiger partial charge < -0.3 is 10.1 Å². The molecule has 3 heteroatoms. The van der Waals surface area contributed by atoms with Gasteiger partial charge in [-0.05, 0) is 33.6 Å². The van der Waals surface area contributed by atoms with Crippen molar-refractivity contribution in [3.8, 4) is 0 Å². The first-order valence-corrected chi connectivity index (χ1v) is 7.14. The molecule has 1 aliphatic heterocycles. The minimum Gasteiger partial charge on any atom is -0.380 e. The van der Waals surface area contributed by atoms with E-state index in [1.807, 2.05) is 0 Å². The van der Waals surface area contributed by atoms with E-state index in [-0.39, 0.29) is 5.54 Å². The van der Waals surface area contributed by atoms with Crippen LogP contribution in [0.4, 0.5) is 0 Å². The second-order valence-corrected chi connectivity index (χ2v) is 5.54. The molecule has 0 radical (unpaired) electrons. The second-order valence-electron chi connectivity index (χ2n) is 5.54. The smallest absolute Gasteiger partial charge is 0.0619 e. The zero-order chi connectivity index (χ0) is 12.9. The van der Waals surface area contributed by atoms with Crippen LogP contribution in [0.15, 0.2) is 0 Å². The molecule has 0 spiro atoms. The van der Waals surface area contributed by atoms with Crippen LogP contribution < -0.4 is 5.32 Å². The molecule has 1 rings (SSSR count). The van der Waals surface area contributed by atoms with Gasteiger partial charge in [0.1, 0.15) is 0 Å². The summed E-state index contributed by atoms with van der Waals surface area (Å²) in [7, 11) is 0. The molecule has 17 heavy (non-hydrogen) atoms. The zero-order valence-electron chi connectivity index (χ0n) is 12.3. The van der Waals surface area contributed by atoms with Gasteiger partial charge in [0.2, 0.25) is 0 Å². The average Bonchev–Trinajstić information content (AvgIpc) is 2.36. The number of nitrogens with zero attached hydrogens (tertiary/aromatic N) is 1. The van der Waals surface area contributed by atoms with Gasteiger partial charge in [-0.25, -0.2) is 0 Å². The molecule has 3 unspecified atom stereocenters. The standard InChI is InChI=1S/C14H30N2O/c1-6-13-9-15-14(5,7-2)11-16(13)12(4)10-17-8-3/h12-13,15H,6-11H2,1-5H3. The maximum atomic E-state index is 5.58. The predicted octanol–water partition coefficient (Wildman–Crippen LogP) is 2.26. The summed E-state index contributed by atoms with van der Waals surface area (Å²) in [6.07, 6.45) is 2.39. The molecule has 1 aliphatic rings. The molecule has 0 bridgehead atoms. The predicted molar refractivity (Wildman–Crippen MR) is 73.4 cm³/mol. The van der Waals surface area contributed by atoms with Crippen LogP contribution >= 0.6 is 0 Å². The summed E-state index contributed by atoms with van der Waals surface area (Å²) in [5.74, 6) is 0. The highest BCUT2D eigenvalue weighted by molar-refractivity contribution is 4.95. The fraction of sp³-hybridized carbons (Fsp3) is 1.00. The number of ether oxygens (including phenoxy) is 1. The first-order chi connectivity index (χ1) is 8.06. The maximum absolute atomic E-state index is 5.58. The van der Waals surface area contributed by atoms with Crippen LogP contribution in [0.25, 0.3) is 0 Å². The summed E-state index contributed by atoms with van der Waals surface area (Å²) in [6.45, 7) is 15.2. The molecule has 0 aromatic rings. The summed E-state index contributed by atoms with van der Waals surface area (Å²) >= 11 is 0. The molecule has 1 heterocycles. The summed E-state index contributed by atoms with van der Waals surface area (Å²) < 4.78 is 5.58. The SMILES string of the molecule is CCOCC(C)N1CC(C)(CC)NCC1CC. The molecule has 0 aromatic heterocycles. The molecular formula is C14H30N2O. The van der Waals surface area contributed by atoms with Crippen molar-refractivity contribution >= 4 is 0 Å². The van der Waals surface area contributed by atoms with Gasteiger partial charge in [0.15, 0.2) is 0 Å². The van der Waals surface area contributed by atoms with Gasteiger partial charge in [0, 0.05) is 37.3 Å². The third-order valence-electron chi connectivity index (χ3n) is 4.15. The molecule has 0 saturated carbocycles. The Morgan fingerprint density at radius 1 is 1.41 bits per heavy atom. The molecular weight excluding hydrogens is 212 g/mol. The van der Waals surface area contributed by atoms with Crippen molar-refractivity contribution in [2.45, 2.75) is 65.1 Å². The topological polar surface area (TPSA) is 24.5 Å². The number of rotatable bonds is 6. The quantitative estimate of drug-likeness (QED) is 0.773. The lowest BCUT2D eigenvalue weighted by Crippen LogP contribution is -2.64. The van der Waals surface area contributed by atoms with Crippen molar-refractivity contribution in [2.24, 2.45) is 0 Å². The Hall–Kier alpha value is -0.120. The largest absolute Gasteiger partial charge is 0.380 e. The number of piperazine rings is 1. The van der Waals surface area contributed by atoms with E-state index in [9.17, 15) is 0 Å². The highest BCUT2D eigenvalue weighted by atomic mass is 16.5. The Morgan fingerprint density at radius 2 is 2.12 bits per heavy atom. The van der Waals surface area contributed by atoms with Crippen LogP contribution in [-0.4, -0.2) is 48.8 Å². The maximum Gasteiger partial charge on any atom is 0.0619 e. The summed E-state index contributed by atoms with van der Waals surface area (Å²) in [4.78, 5) is 2.63. The Kier molecular flexibility index (Phi) is 5.90. The van der Waals surface area contributed by atoms with Crippen molar-refractivity contribution in [3.63, 3.8) is 0 Å². The minimum atomic E-state index is 0.270. The highest BCUT2D eigenvalue weighted by Crippen LogP contribution is 2.22. The van der Waals surface area contributed by atoms with Gasteiger partial charge in [-0.3, -0.25) is 4.90 Å². The van der Waals surface area contributed by atoms with Crippen LogP contribution in [0.5, 0.6) is 0 Å². The van der Waals surface area contributed by atoms with E-state index in [2.05, 4.69) is 44.8 Å². The van der Waals surface area contributed by atoms with Gasteiger partial charge in [0.25, 0.3) is 0 Å². The van der Waals surface area contributed by atoms with Gasteiger partial charge in [-0.2, -0.15) is 0 Å². The van der Waals surface area contributed by atoms with E-state index in [1.165, 1.54) is 12.8 Å². The zero-order valence-corrected chi connectivity index (χ0v) is 12.3. The van der Waals surface area contributed by atoms with Crippen LogP contribution in [0.2, 0.25) is 0 Å². The van der Waals surface area contributed by atoms with E-state index in [0.717, 1.165) is 26.3 Å². The van der Waals surface area contributed by atoms with Gasteiger partial charge >= 0.3 is 0 Å². The molecule has 102 valence electrons. The fourth-order valence-electron chi connectivity index (χ4n) is 2.58. The third kappa shape index (κ3) is 3.94. The monoisotopic (exact) mass is 242 g/mol. The van der Waals surface area contributed by atoms with Crippen LogP contribution in [0.1, 0.15) is 47.5 Å². The molecule has 0 aromatic carbocycles. The van der Waals surface area contributed by atoms with Gasteiger partial charge in [-0.15, -0.1) is 0 Å². The Labute approximate surface area is 107 Å². The number of hydrogen-bond donors (Lipinski definition) is 1. The van der Waals surface area contributed by atoms with Crippen molar-refractivity contribution in [2.75, 3.05) is 26.3 Å². The van der Waals surface area contributed by atoms with Crippen molar-refractivity contribution < 1.29 is 4.74 Å². The van der Waals surface area contributed by atoms with Gasteiger partial charge in [-0.1, -0.05) is 13.8 Å². The van der Waals surface area contributed by atoms with Gasteiger partial charge in [0.05, 0.1) is 6.61 Å². The first-order valence-electron chi connectivity index (χ1n) is 7.14. The lowest BCUT2D eigenvalue weighted by molar-refractivity contribution is 0.00750.